The molecule has 2 aromatic heterocycles. The minimum absolute atomic E-state index is 0.0160. The average Bonchev–Trinajstić information content (AvgIpc) is 3.22. The third kappa shape index (κ3) is 2.45. The third-order valence-electron chi connectivity index (χ3n) is 4.44. The van der Waals surface area contributed by atoms with Gasteiger partial charge in [0.05, 0.1) is 5.56 Å². The van der Waals surface area contributed by atoms with Gasteiger partial charge in [0.2, 0.25) is 0 Å². The molecule has 1 fully saturated rings. The van der Waals surface area contributed by atoms with E-state index in [1.165, 1.54) is 10.8 Å². The predicted molar refractivity (Wildman–Crippen MR) is 84.0 cm³/mol. The van der Waals surface area contributed by atoms with Gasteiger partial charge in [-0.1, -0.05) is 13.8 Å². The normalized spacial score (nSPS) is 20.4. The molecule has 6 heteroatoms. The van der Waals surface area contributed by atoms with E-state index < -0.39 is 11.2 Å². The fraction of sp³-hybridized carbons (Fsp3) is 0.438. The standard InChI is InChI=1S/C16H19N3O3/c1-8(2)10-5-11(10)12-4-9(7-19(3)15(12)21)13-6-17-16(22)18-14(13)20/h4,6-8,10-11H,5H2,1-3H3,(H2,17,18,20,22)/t10-,11+/m1/s1. The number of aryl methyl sites for hydroxylation is 1. The lowest BCUT2D eigenvalue weighted by atomic mass is 10.0. The molecule has 1 aliphatic rings. The Kier molecular flexibility index (Phi) is 3.39. The highest BCUT2D eigenvalue weighted by Gasteiger charge is 2.42. The predicted octanol–water partition coefficient (Wildman–Crippen LogP) is 1.19. The van der Waals surface area contributed by atoms with Gasteiger partial charge in [-0.15, -0.1) is 0 Å². The highest BCUT2D eigenvalue weighted by atomic mass is 16.2. The van der Waals surface area contributed by atoms with E-state index in [0.717, 1.165) is 12.0 Å². The van der Waals surface area contributed by atoms with Crippen LogP contribution in [0.25, 0.3) is 11.1 Å². The molecule has 0 aromatic carbocycles. The lowest BCUT2D eigenvalue weighted by molar-refractivity contribution is 0.547. The topological polar surface area (TPSA) is 87.7 Å². The zero-order valence-corrected chi connectivity index (χ0v) is 12.8. The first kappa shape index (κ1) is 14.6. The van der Waals surface area contributed by atoms with E-state index in [4.69, 9.17) is 0 Å². The molecule has 2 heterocycles. The van der Waals surface area contributed by atoms with E-state index in [-0.39, 0.29) is 11.5 Å². The van der Waals surface area contributed by atoms with Crippen LogP contribution in [0.5, 0.6) is 0 Å². The quantitative estimate of drug-likeness (QED) is 0.892. The Hall–Kier alpha value is -2.37. The van der Waals surface area contributed by atoms with Gasteiger partial charge in [-0.2, -0.15) is 0 Å². The van der Waals surface area contributed by atoms with Gasteiger partial charge >= 0.3 is 5.69 Å². The highest BCUT2D eigenvalue weighted by molar-refractivity contribution is 5.61. The molecule has 0 saturated heterocycles. The van der Waals surface area contributed by atoms with Crippen molar-refractivity contribution in [2.24, 2.45) is 18.9 Å². The molecule has 2 aromatic rings. The van der Waals surface area contributed by atoms with Gasteiger partial charge in [0.15, 0.2) is 0 Å². The molecule has 22 heavy (non-hydrogen) atoms. The van der Waals surface area contributed by atoms with Gasteiger partial charge in [0.1, 0.15) is 0 Å². The number of nitrogens with one attached hydrogen (secondary N) is 2. The van der Waals surface area contributed by atoms with Crippen molar-refractivity contribution in [2.45, 2.75) is 26.2 Å². The summed E-state index contributed by atoms with van der Waals surface area (Å²) in [7, 11) is 1.68. The molecule has 1 saturated carbocycles. The summed E-state index contributed by atoms with van der Waals surface area (Å²) in [5.74, 6) is 1.33. The number of aromatic nitrogens is 3. The van der Waals surface area contributed by atoms with Crippen LogP contribution in [0.4, 0.5) is 0 Å². The first-order valence-electron chi connectivity index (χ1n) is 7.41. The Bertz CT molecular complexity index is 888. The van der Waals surface area contributed by atoms with Gasteiger partial charge in [-0.05, 0) is 30.2 Å². The first-order valence-corrected chi connectivity index (χ1v) is 7.41. The van der Waals surface area contributed by atoms with Gasteiger partial charge < -0.3 is 9.55 Å². The van der Waals surface area contributed by atoms with E-state index in [2.05, 4.69) is 23.8 Å². The van der Waals surface area contributed by atoms with Crippen LogP contribution in [0.3, 0.4) is 0 Å². The summed E-state index contributed by atoms with van der Waals surface area (Å²) in [6, 6.07) is 1.79. The van der Waals surface area contributed by atoms with Crippen LogP contribution in [-0.4, -0.2) is 14.5 Å². The van der Waals surface area contributed by atoms with Gasteiger partial charge in [0, 0.05) is 30.6 Å². The van der Waals surface area contributed by atoms with Crippen molar-refractivity contribution in [3.05, 3.63) is 55.2 Å². The number of aromatic amines is 2. The van der Waals surface area contributed by atoms with Crippen LogP contribution in [0.1, 0.15) is 31.7 Å². The minimum atomic E-state index is -0.541. The molecule has 0 unspecified atom stereocenters. The van der Waals surface area contributed by atoms with Crippen molar-refractivity contribution in [3.8, 4) is 11.1 Å². The fourth-order valence-corrected chi connectivity index (χ4v) is 3.08. The average molecular weight is 301 g/mol. The smallest absolute Gasteiger partial charge is 0.318 e. The summed E-state index contributed by atoms with van der Waals surface area (Å²) in [6.45, 7) is 4.32. The van der Waals surface area contributed by atoms with Crippen molar-refractivity contribution < 1.29 is 0 Å². The number of pyridine rings is 1. The van der Waals surface area contributed by atoms with Crippen molar-refractivity contribution in [1.29, 1.82) is 0 Å². The SMILES string of the molecule is CC(C)[C@H]1C[C@@H]1c1cc(-c2c[nH]c(=O)[nH]c2=O)cn(C)c1=O. The fourth-order valence-electron chi connectivity index (χ4n) is 3.08. The van der Waals surface area contributed by atoms with Crippen molar-refractivity contribution >= 4 is 0 Å². The highest BCUT2D eigenvalue weighted by Crippen LogP contribution is 2.50. The summed E-state index contributed by atoms with van der Waals surface area (Å²) in [4.78, 5) is 40.1. The number of H-pyrrole nitrogens is 2. The van der Waals surface area contributed by atoms with Crippen LogP contribution >= 0.6 is 0 Å². The van der Waals surface area contributed by atoms with Crippen LogP contribution in [0.15, 0.2) is 32.8 Å². The molecule has 6 nitrogen and oxygen atoms in total. The van der Waals surface area contributed by atoms with E-state index in [1.54, 1.807) is 19.3 Å². The van der Waals surface area contributed by atoms with Gasteiger partial charge in [-0.25, -0.2) is 4.79 Å². The van der Waals surface area contributed by atoms with Crippen LogP contribution in [0, 0.1) is 11.8 Å². The molecule has 116 valence electrons. The molecular weight excluding hydrogens is 282 g/mol. The molecule has 0 bridgehead atoms. The maximum absolute atomic E-state index is 12.4. The van der Waals surface area contributed by atoms with Gasteiger partial charge in [-0.3, -0.25) is 14.6 Å². The molecule has 2 atom stereocenters. The first-order chi connectivity index (χ1) is 10.4. The molecule has 0 aliphatic heterocycles. The second-order valence-electron chi connectivity index (χ2n) is 6.34. The van der Waals surface area contributed by atoms with Crippen molar-refractivity contribution in [1.82, 2.24) is 14.5 Å². The summed E-state index contributed by atoms with van der Waals surface area (Å²) in [5, 5.41) is 0. The van der Waals surface area contributed by atoms with E-state index in [0.29, 0.717) is 23.0 Å². The second-order valence-corrected chi connectivity index (χ2v) is 6.34. The molecular formula is C16H19N3O3. The van der Waals surface area contributed by atoms with Crippen LogP contribution in [-0.2, 0) is 7.05 Å². The summed E-state index contributed by atoms with van der Waals surface area (Å²) >= 11 is 0. The van der Waals surface area contributed by atoms with Crippen LogP contribution < -0.4 is 16.8 Å². The zero-order valence-electron chi connectivity index (χ0n) is 12.8. The number of hydrogen-bond donors (Lipinski definition) is 2. The molecule has 0 spiro atoms. The van der Waals surface area contributed by atoms with E-state index >= 15 is 0 Å². The van der Waals surface area contributed by atoms with Crippen molar-refractivity contribution in [2.75, 3.05) is 0 Å². The molecule has 0 radical (unpaired) electrons. The number of hydrogen-bond acceptors (Lipinski definition) is 3. The molecule has 0 amide bonds. The Balaban J connectivity index is 2.11. The zero-order chi connectivity index (χ0) is 16.0. The Morgan fingerprint density at radius 2 is 2.00 bits per heavy atom. The minimum Gasteiger partial charge on any atom is -0.318 e. The summed E-state index contributed by atoms with van der Waals surface area (Å²) < 4.78 is 1.50. The lowest BCUT2D eigenvalue weighted by Gasteiger charge is -2.09. The third-order valence-corrected chi connectivity index (χ3v) is 4.44. The van der Waals surface area contributed by atoms with Gasteiger partial charge in [0.25, 0.3) is 11.1 Å². The maximum Gasteiger partial charge on any atom is 0.325 e. The number of nitrogens with zero attached hydrogens (tertiary/aromatic N) is 1. The second kappa shape index (κ2) is 5.12. The Labute approximate surface area is 126 Å². The summed E-state index contributed by atoms with van der Waals surface area (Å²) in [5.41, 5.74) is 0.745. The van der Waals surface area contributed by atoms with Crippen molar-refractivity contribution in [3.63, 3.8) is 0 Å². The number of rotatable bonds is 3. The van der Waals surface area contributed by atoms with E-state index in [9.17, 15) is 14.4 Å². The maximum atomic E-state index is 12.4. The molecule has 2 N–H and O–H groups in total. The lowest BCUT2D eigenvalue weighted by Crippen LogP contribution is -2.24. The summed E-state index contributed by atoms with van der Waals surface area (Å²) in [6.07, 6.45) is 4.03. The monoisotopic (exact) mass is 301 g/mol. The molecule has 3 rings (SSSR count). The van der Waals surface area contributed by atoms with E-state index in [1.807, 2.05) is 0 Å². The van der Waals surface area contributed by atoms with Crippen LogP contribution in [0.2, 0.25) is 0 Å². The largest absolute Gasteiger partial charge is 0.325 e. The Morgan fingerprint density at radius 1 is 1.27 bits per heavy atom. The Morgan fingerprint density at radius 3 is 2.59 bits per heavy atom. The molecule has 1 aliphatic carbocycles.